The summed E-state index contributed by atoms with van der Waals surface area (Å²) in [4.78, 5) is 28.8. The molecule has 0 aliphatic heterocycles. The number of rotatable bonds is 32. The largest absolute Gasteiger partial charge is 0.508 e. The fourth-order valence-corrected chi connectivity index (χ4v) is 24.9. The predicted octanol–water partition coefficient (Wildman–Crippen LogP) is 21.8. The summed E-state index contributed by atoms with van der Waals surface area (Å²) in [5, 5.41) is 26.9. The van der Waals surface area contributed by atoms with Crippen LogP contribution in [0, 0.1) is 33.5 Å². The molecular formula is C88H124O14S2. The Kier molecular flexibility index (Phi) is 23.6. The third-order valence-corrected chi connectivity index (χ3v) is 30.5. The highest BCUT2D eigenvalue weighted by Crippen LogP contribution is 2.66. The van der Waals surface area contributed by atoms with Gasteiger partial charge in [0.15, 0.2) is 0 Å². The van der Waals surface area contributed by atoms with E-state index in [1.54, 1.807) is 0 Å². The van der Waals surface area contributed by atoms with Gasteiger partial charge in [0.2, 0.25) is 0 Å². The SMILES string of the molecule is CCCCCC1c2cc(c(OC3CCCC3)cc2O)C(CCCCC)c2cc(c(OC3CCCC3)cc2OS(=O)(=O)C[C@]23CC[C@H](CC2=O)C3(C)C)C(CCCCC)c2cc(c(OC3CCCC3)cc2O)C(CCCCC)c2cc1c(OC1CCCC1)cc2OS(=O)(=O)C[C@]12CC[C@H](CC1=O)C2(C)C. The predicted molar refractivity (Wildman–Crippen MR) is 411 cm³/mol. The van der Waals surface area contributed by atoms with Crippen molar-refractivity contribution in [2.24, 2.45) is 33.5 Å². The Hall–Kier alpha value is -5.48. The number of phenols is 2. The van der Waals surface area contributed by atoms with E-state index >= 15 is 16.8 Å². The second-order valence-corrected chi connectivity index (χ2v) is 38.1. The highest BCUT2D eigenvalue weighted by molar-refractivity contribution is 7.87. The summed E-state index contributed by atoms with van der Waals surface area (Å²) in [6, 6.07) is 16.0. The van der Waals surface area contributed by atoms with Crippen molar-refractivity contribution in [1.82, 2.24) is 0 Å². The zero-order chi connectivity index (χ0) is 73.3. The number of Topliss-reactive ketones (excluding diaryl/α,β-unsaturated/α-hetero) is 2. The van der Waals surface area contributed by atoms with E-state index in [4.69, 9.17) is 27.3 Å². The molecule has 572 valence electrons. The first-order chi connectivity index (χ1) is 49.9. The number of ketones is 2. The monoisotopic (exact) mass is 1470 g/mol. The van der Waals surface area contributed by atoms with E-state index in [9.17, 15) is 19.8 Å². The van der Waals surface area contributed by atoms with Crippen molar-refractivity contribution in [3.05, 3.63) is 93.0 Å². The molecule has 12 bridgehead atoms. The van der Waals surface area contributed by atoms with Gasteiger partial charge in [-0.15, -0.1) is 0 Å². The van der Waals surface area contributed by atoms with Crippen molar-refractivity contribution in [2.45, 2.75) is 347 Å². The van der Waals surface area contributed by atoms with Crippen molar-refractivity contribution < 1.29 is 64.0 Å². The Morgan fingerprint density at radius 3 is 0.875 bits per heavy atom. The Bertz CT molecular complexity index is 3690. The summed E-state index contributed by atoms with van der Waals surface area (Å²) in [6.45, 7) is 17.0. The molecule has 104 heavy (non-hydrogen) atoms. The molecule has 8 atom stereocenters. The van der Waals surface area contributed by atoms with Gasteiger partial charge in [-0.2, -0.15) is 16.8 Å². The molecule has 4 aromatic rings. The van der Waals surface area contributed by atoms with Crippen molar-refractivity contribution in [1.29, 1.82) is 0 Å². The van der Waals surface area contributed by atoms with Crippen molar-refractivity contribution >= 4 is 31.8 Å². The molecule has 8 saturated carbocycles. The molecule has 0 aromatic heterocycles. The van der Waals surface area contributed by atoms with Crippen LogP contribution in [0.25, 0.3) is 0 Å². The van der Waals surface area contributed by atoms with Crippen LogP contribution in [0.3, 0.4) is 0 Å². The molecule has 4 unspecified atom stereocenters. The van der Waals surface area contributed by atoms with Crippen LogP contribution in [0.5, 0.6) is 46.0 Å². The Labute approximate surface area is 623 Å². The lowest BCUT2D eigenvalue weighted by atomic mass is 9.70. The number of carbonyl (C=O) groups is 2. The minimum absolute atomic E-state index is 0.0128. The molecular weight excluding hydrogens is 1350 g/mol. The molecule has 0 spiro atoms. The minimum Gasteiger partial charge on any atom is -0.508 e. The van der Waals surface area contributed by atoms with E-state index in [-0.39, 0.29) is 70.8 Å². The molecule has 16 heteroatoms. The molecule has 13 rings (SSSR count). The van der Waals surface area contributed by atoms with Gasteiger partial charge in [0.25, 0.3) is 0 Å². The molecule has 9 aliphatic rings. The average Bonchev–Trinajstić information content (AvgIpc) is 1.49. The smallest absolute Gasteiger partial charge is 0.310 e. The number of hydrogen-bond donors (Lipinski definition) is 2. The molecule has 0 heterocycles. The zero-order valence-corrected chi connectivity index (χ0v) is 65.9. The Balaban J connectivity index is 1.14. The third kappa shape index (κ3) is 15.5. The molecule has 9 aliphatic carbocycles. The lowest BCUT2D eigenvalue weighted by molar-refractivity contribution is -0.128. The summed E-state index contributed by atoms with van der Waals surface area (Å²) in [6.07, 6.45) is 29.5. The van der Waals surface area contributed by atoms with Crippen LogP contribution in [0.15, 0.2) is 48.5 Å². The number of hydrogen-bond acceptors (Lipinski definition) is 14. The van der Waals surface area contributed by atoms with Crippen molar-refractivity contribution in [3.8, 4) is 46.0 Å². The maximum absolute atomic E-state index is 15.8. The third-order valence-electron chi connectivity index (χ3n) is 27.9. The summed E-state index contributed by atoms with van der Waals surface area (Å²) >= 11 is 0. The minimum atomic E-state index is -4.54. The average molecular weight is 1470 g/mol. The maximum atomic E-state index is 15.8. The van der Waals surface area contributed by atoms with Gasteiger partial charge < -0.3 is 37.5 Å². The first-order valence-electron chi connectivity index (χ1n) is 41.6. The lowest BCUT2D eigenvalue weighted by Gasteiger charge is -2.36. The number of phenolic OH excluding ortho intramolecular Hbond substituents is 2. The van der Waals surface area contributed by atoms with Crippen LogP contribution in [-0.4, -0.2) is 74.5 Å². The van der Waals surface area contributed by atoms with Gasteiger partial charge in [0, 0.05) is 105 Å². The standard InChI is InChI=1S/C88H124O14S2/c1-9-13-17-37-63-67-47-69(77(51-75(67)89)97-59-29-21-22-30-59)65(39-19-15-11-3)74-50-72(80(100-62-35-27-28-36-62)54-82(74)102-104(95,96)56-88-44-42-58(46-84(88)92)86(88,7)8)64(38-18-14-10-2)68-48-70(78(52-76(68)90)98-60-31-23-24-32-60)66(40-20-16-12-4)73-49-71(63)79(99-61-33-25-26-34-61)53-81(73)101-103(93,94)55-87-43-41-57(45-83(87)91)85(87,5)6/h47-54,57-66,89-90H,9-46,55-56H2,1-8H3/t57-,58-,63?,64?,65?,66?,87-,88-/m1/s1. The van der Waals surface area contributed by atoms with Crippen molar-refractivity contribution in [3.63, 3.8) is 0 Å². The maximum Gasteiger partial charge on any atom is 0.310 e. The van der Waals surface area contributed by atoms with Crippen LogP contribution in [0.1, 0.15) is 368 Å². The highest BCUT2D eigenvalue weighted by atomic mass is 32.2. The fraction of sp³-hybridized carbons (Fsp3) is 0.705. The Morgan fingerprint density at radius 1 is 0.356 bits per heavy atom. The number of ether oxygens (including phenoxy) is 4. The molecule has 4 aromatic carbocycles. The second-order valence-electron chi connectivity index (χ2n) is 34.9. The number of benzene rings is 4. The van der Waals surface area contributed by atoms with E-state index in [0.717, 1.165) is 215 Å². The van der Waals surface area contributed by atoms with Crippen LogP contribution >= 0.6 is 0 Å². The number of unbranched alkanes of at least 4 members (excludes halogenated alkanes) is 8. The quantitative estimate of drug-likeness (QED) is 0.0346. The summed E-state index contributed by atoms with van der Waals surface area (Å²) in [7, 11) is -9.09. The van der Waals surface area contributed by atoms with E-state index in [1.165, 1.54) is 0 Å². The van der Waals surface area contributed by atoms with Crippen LogP contribution in [0.4, 0.5) is 0 Å². The topological polar surface area (TPSA) is 198 Å². The van der Waals surface area contributed by atoms with Gasteiger partial charge in [-0.1, -0.05) is 132 Å². The van der Waals surface area contributed by atoms with E-state index < -0.39 is 77.1 Å². The molecule has 0 radical (unpaired) electrons. The van der Waals surface area contributed by atoms with Gasteiger partial charge >= 0.3 is 20.2 Å². The zero-order valence-electron chi connectivity index (χ0n) is 64.3. The van der Waals surface area contributed by atoms with Gasteiger partial charge in [0.05, 0.1) is 46.8 Å². The number of aromatic hydroxyl groups is 2. The number of fused-ring (bicyclic) bond motifs is 12. The molecule has 0 amide bonds. The van der Waals surface area contributed by atoms with E-state index in [0.29, 0.717) is 96.6 Å². The van der Waals surface area contributed by atoms with E-state index in [1.807, 2.05) is 24.3 Å². The Morgan fingerprint density at radius 2 is 0.615 bits per heavy atom. The molecule has 2 N–H and O–H groups in total. The van der Waals surface area contributed by atoms with E-state index in [2.05, 4.69) is 79.7 Å². The van der Waals surface area contributed by atoms with Crippen LogP contribution < -0.4 is 27.3 Å². The van der Waals surface area contributed by atoms with Gasteiger partial charge in [-0.05, 0) is 201 Å². The van der Waals surface area contributed by atoms with Gasteiger partial charge in [0.1, 0.15) is 57.6 Å². The summed E-state index contributed by atoms with van der Waals surface area (Å²) < 4.78 is 106. The van der Waals surface area contributed by atoms with Gasteiger partial charge in [-0.25, -0.2) is 0 Å². The van der Waals surface area contributed by atoms with Crippen molar-refractivity contribution in [2.75, 3.05) is 11.5 Å². The lowest BCUT2D eigenvalue weighted by Crippen LogP contribution is -2.43. The molecule has 8 fully saturated rings. The second kappa shape index (κ2) is 32.0. The van der Waals surface area contributed by atoms with Gasteiger partial charge in [-0.3, -0.25) is 9.59 Å². The summed E-state index contributed by atoms with van der Waals surface area (Å²) in [5.41, 5.74) is 2.37. The molecule has 0 saturated heterocycles. The first kappa shape index (κ1) is 76.7. The molecule has 14 nitrogen and oxygen atoms in total. The van der Waals surface area contributed by atoms with Crippen LogP contribution in [-0.2, 0) is 29.8 Å². The summed E-state index contributed by atoms with van der Waals surface area (Å²) in [5.74, 6) is -0.693. The first-order valence-corrected chi connectivity index (χ1v) is 44.7. The number of carbonyl (C=O) groups excluding carboxylic acids is 2. The highest BCUT2D eigenvalue weighted by Gasteiger charge is 2.67. The fourth-order valence-electron chi connectivity index (χ4n) is 21.3. The normalized spacial score (nSPS) is 26.8. The van der Waals surface area contributed by atoms with Crippen LogP contribution in [0.2, 0.25) is 0 Å².